The van der Waals surface area contributed by atoms with Crippen LogP contribution < -0.4 is 21.1 Å². The van der Waals surface area contributed by atoms with Gasteiger partial charge in [-0.05, 0) is 35.4 Å². The Hall–Kier alpha value is -4.72. The highest BCUT2D eigenvalue weighted by atomic mass is 16.5. The molecular formula is C26H22N4O4. The topological polar surface area (TPSA) is 102 Å². The zero-order chi connectivity index (χ0) is 23.9. The second kappa shape index (κ2) is 10.3. The SMILES string of the molecule is COc1cccc(/C=C/C(=O)NNC(=O)c2nn(Cc3ccccc3)c(=O)c3ccccc23)c1. The number of rotatable bonds is 6. The molecule has 34 heavy (non-hydrogen) atoms. The minimum absolute atomic E-state index is 0.0307. The number of nitrogens with zero attached hydrogens (tertiary/aromatic N) is 2. The highest BCUT2D eigenvalue weighted by molar-refractivity contribution is 6.05. The zero-order valence-corrected chi connectivity index (χ0v) is 18.4. The van der Waals surface area contributed by atoms with Gasteiger partial charge in [0.25, 0.3) is 17.4 Å². The first-order valence-electron chi connectivity index (χ1n) is 10.5. The summed E-state index contributed by atoms with van der Waals surface area (Å²) in [7, 11) is 1.56. The van der Waals surface area contributed by atoms with E-state index in [1.807, 2.05) is 36.4 Å². The number of hydrogen-bond acceptors (Lipinski definition) is 5. The smallest absolute Gasteiger partial charge is 0.290 e. The first kappa shape index (κ1) is 22.5. The third-order valence-electron chi connectivity index (χ3n) is 5.08. The largest absolute Gasteiger partial charge is 0.497 e. The van der Waals surface area contributed by atoms with E-state index in [4.69, 9.17) is 4.74 Å². The van der Waals surface area contributed by atoms with Gasteiger partial charge in [0, 0.05) is 11.5 Å². The van der Waals surface area contributed by atoms with Crippen molar-refractivity contribution in [3.63, 3.8) is 0 Å². The fraction of sp³-hybridized carbons (Fsp3) is 0.0769. The quantitative estimate of drug-likeness (QED) is 0.345. The molecule has 170 valence electrons. The van der Waals surface area contributed by atoms with Crippen molar-refractivity contribution in [1.82, 2.24) is 20.6 Å². The van der Waals surface area contributed by atoms with Gasteiger partial charge in [-0.1, -0.05) is 60.7 Å². The third-order valence-corrected chi connectivity index (χ3v) is 5.08. The maximum absolute atomic E-state index is 12.9. The van der Waals surface area contributed by atoms with E-state index < -0.39 is 11.8 Å². The Kier molecular flexibility index (Phi) is 6.78. The van der Waals surface area contributed by atoms with Crippen molar-refractivity contribution < 1.29 is 14.3 Å². The number of amides is 2. The van der Waals surface area contributed by atoms with Gasteiger partial charge in [0.1, 0.15) is 5.75 Å². The molecule has 0 fully saturated rings. The standard InChI is InChI=1S/C26H22N4O4/c1-34-20-11-7-10-18(16-20)14-15-23(31)27-28-25(32)24-21-12-5-6-13-22(21)26(33)30(29-24)17-19-8-3-2-4-9-19/h2-16H,17H2,1H3,(H,27,31)(H,28,32)/b15-14+. The van der Waals surface area contributed by atoms with Gasteiger partial charge < -0.3 is 4.74 Å². The Morgan fingerprint density at radius 2 is 1.68 bits per heavy atom. The van der Waals surface area contributed by atoms with Crippen molar-refractivity contribution in [2.75, 3.05) is 7.11 Å². The summed E-state index contributed by atoms with van der Waals surface area (Å²) in [5, 5.41) is 5.06. The van der Waals surface area contributed by atoms with Crippen LogP contribution in [0.3, 0.4) is 0 Å². The molecule has 0 atom stereocenters. The van der Waals surface area contributed by atoms with E-state index in [1.54, 1.807) is 55.7 Å². The lowest BCUT2D eigenvalue weighted by molar-refractivity contribution is -0.117. The summed E-state index contributed by atoms with van der Waals surface area (Å²) in [6.07, 6.45) is 2.88. The van der Waals surface area contributed by atoms with Crippen LogP contribution in [0.5, 0.6) is 5.75 Å². The summed E-state index contributed by atoms with van der Waals surface area (Å²) in [6.45, 7) is 0.209. The summed E-state index contributed by atoms with van der Waals surface area (Å²) in [4.78, 5) is 38.0. The van der Waals surface area contributed by atoms with Gasteiger partial charge in [-0.25, -0.2) is 4.68 Å². The van der Waals surface area contributed by atoms with Gasteiger partial charge in [0.15, 0.2) is 5.69 Å². The van der Waals surface area contributed by atoms with Gasteiger partial charge in [0.05, 0.1) is 19.0 Å². The number of fused-ring (bicyclic) bond motifs is 1. The average molecular weight is 454 g/mol. The van der Waals surface area contributed by atoms with Crippen molar-refractivity contribution in [2.24, 2.45) is 0 Å². The molecule has 0 aliphatic carbocycles. The molecule has 8 heteroatoms. The first-order valence-corrected chi connectivity index (χ1v) is 10.5. The van der Waals surface area contributed by atoms with E-state index >= 15 is 0 Å². The van der Waals surface area contributed by atoms with Gasteiger partial charge in [-0.3, -0.25) is 25.2 Å². The van der Waals surface area contributed by atoms with Crippen LogP contribution in [-0.4, -0.2) is 28.7 Å². The number of hydrazine groups is 1. The van der Waals surface area contributed by atoms with E-state index in [2.05, 4.69) is 16.0 Å². The Labute approximate surface area is 195 Å². The highest BCUT2D eigenvalue weighted by Crippen LogP contribution is 2.15. The molecule has 4 rings (SSSR count). The molecule has 0 unspecified atom stereocenters. The van der Waals surface area contributed by atoms with Gasteiger partial charge in [0.2, 0.25) is 0 Å². The predicted octanol–water partition coefficient (Wildman–Crippen LogP) is 2.93. The van der Waals surface area contributed by atoms with Crippen molar-refractivity contribution >= 4 is 28.7 Å². The number of aromatic nitrogens is 2. The first-order chi connectivity index (χ1) is 16.5. The maximum Gasteiger partial charge on any atom is 0.290 e. The molecule has 1 heterocycles. The number of nitrogens with one attached hydrogen (secondary N) is 2. The summed E-state index contributed by atoms with van der Waals surface area (Å²) < 4.78 is 6.40. The van der Waals surface area contributed by atoms with Crippen LogP contribution in [0.2, 0.25) is 0 Å². The fourth-order valence-corrected chi connectivity index (χ4v) is 3.40. The summed E-state index contributed by atoms with van der Waals surface area (Å²) in [6, 6.07) is 23.3. The van der Waals surface area contributed by atoms with E-state index in [1.165, 1.54) is 10.8 Å². The van der Waals surface area contributed by atoms with E-state index in [-0.39, 0.29) is 17.8 Å². The van der Waals surface area contributed by atoms with Crippen molar-refractivity contribution in [3.8, 4) is 5.75 Å². The summed E-state index contributed by atoms with van der Waals surface area (Å²) in [5.41, 5.74) is 6.07. The Bertz CT molecular complexity index is 1430. The van der Waals surface area contributed by atoms with Crippen molar-refractivity contribution in [3.05, 3.63) is 112 Å². The fourth-order valence-electron chi connectivity index (χ4n) is 3.40. The van der Waals surface area contributed by atoms with E-state index in [0.29, 0.717) is 16.5 Å². The Morgan fingerprint density at radius 3 is 2.44 bits per heavy atom. The molecule has 0 saturated heterocycles. The number of carbonyl (C=O) groups excluding carboxylic acids is 2. The molecule has 3 aromatic carbocycles. The van der Waals surface area contributed by atoms with Crippen LogP contribution in [0.4, 0.5) is 0 Å². The number of ether oxygens (including phenoxy) is 1. The molecule has 0 saturated carbocycles. The predicted molar refractivity (Wildman–Crippen MR) is 129 cm³/mol. The molecule has 4 aromatic rings. The Balaban J connectivity index is 1.53. The normalized spacial score (nSPS) is 10.9. The Morgan fingerprint density at radius 1 is 0.941 bits per heavy atom. The third kappa shape index (κ3) is 5.18. The summed E-state index contributed by atoms with van der Waals surface area (Å²) >= 11 is 0. The molecule has 1 aromatic heterocycles. The number of hydrogen-bond donors (Lipinski definition) is 2. The van der Waals surface area contributed by atoms with Crippen LogP contribution >= 0.6 is 0 Å². The molecule has 0 aliphatic rings. The molecular weight excluding hydrogens is 432 g/mol. The number of methoxy groups -OCH3 is 1. The van der Waals surface area contributed by atoms with Gasteiger partial charge >= 0.3 is 0 Å². The highest BCUT2D eigenvalue weighted by Gasteiger charge is 2.17. The molecule has 8 nitrogen and oxygen atoms in total. The average Bonchev–Trinajstić information content (AvgIpc) is 2.88. The van der Waals surface area contributed by atoms with Crippen LogP contribution in [0.25, 0.3) is 16.8 Å². The van der Waals surface area contributed by atoms with Crippen molar-refractivity contribution in [2.45, 2.75) is 6.54 Å². The maximum atomic E-state index is 12.9. The van der Waals surface area contributed by atoms with Gasteiger partial charge in [-0.15, -0.1) is 0 Å². The van der Waals surface area contributed by atoms with E-state index in [0.717, 1.165) is 11.1 Å². The van der Waals surface area contributed by atoms with E-state index in [9.17, 15) is 14.4 Å². The molecule has 0 aliphatic heterocycles. The monoisotopic (exact) mass is 454 g/mol. The second-order valence-electron chi connectivity index (χ2n) is 7.40. The minimum atomic E-state index is -0.638. The van der Waals surface area contributed by atoms with Crippen LogP contribution in [0, 0.1) is 0 Å². The molecule has 2 N–H and O–H groups in total. The molecule has 0 spiro atoms. The molecule has 0 radical (unpaired) electrons. The summed E-state index contributed by atoms with van der Waals surface area (Å²) in [5.74, 6) is -0.501. The lowest BCUT2D eigenvalue weighted by atomic mass is 10.1. The number of carbonyl (C=O) groups is 2. The molecule has 0 bridgehead atoms. The molecule has 2 amide bonds. The lowest BCUT2D eigenvalue weighted by Gasteiger charge is -2.11. The van der Waals surface area contributed by atoms with Gasteiger partial charge in [-0.2, -0.15) is 5.10 Å². The zero-order valence-electron chi connectivity index (χ0n) is 18.4. The van der Waals surface area contributed by atoms with Crippen LogP contribution in [-0.2, 0) is 11.3 Å². The lowest BCUT2D eigenvalue weighted by Crippen LogP contribution is -2.42. The van der Waals surface area contributed by atoms with Crippen LogP contribution in [0.15, 0.2) is 89.7 Å². The van der Waals surface area contributed by atoms with Crippen LogP contribution in [0.1, 0.15) is 21.6 Å². The van der Waals surface area contributed by atoms with Crippen molar-refractivity contribution in [1.29, 1.82) is 0 Å². The number of benzene rings is 3. The second-order valence-corrected chi connectivity index (χ2v) is 7.40. The minimum Gasteiger partial charge on any atom is -0.497 e.